The SMILES string of the molecule is O=C(NCc1ncccn1)Nc1nccs1. The summed E-state index contributed by atoms with van der Waals surface area (Å²) in [7, 11) is 0. The van der Waals surface area contributed by atoms with Crippen molar-refractivity contribution in [1.29, 1.82) is 0 Å². The Balaban J connectivity index is 1.80. The molecule has 16 heavy (non-hydrogen) atoms. The van der Waals surface area contributed by atoms with Crippen molar-refractivity contribution in [1.82, 2.24) is 20.3 Å². The minimum Gasteiger partial charge on any atom is -0.331 e. The summed E-state index contributed by atoms with van der Waals surface area (Å²) in [6, 6.07) is 1.40. The van der Waals surface area contributed by atoms with Gasteiger partial charge in [-0.15, -0.1) is 11.3 Å². The molecule has 0 atom stereocenters. The van der Waals surface area contributed by atoms with Gasteiger partial charge in [-0.3, -0.25) is 5.32 Å². The number of nitrogens with one attached hydrogen (secondary N) is 2. The molecule has 0 aliphatic rings. The lowest BCUT2D eigenvalue weighted by atomic mass is 10.5. The van der Waals surface area contributed by atoms with Crippen molar-refractivity contribution < 1.29 is 4.79 Å². The summed E-state index contributed by atoms with van der Waals surface area (Å²) in [5.74, 6) is 0.566. The van der Waals surface area contributed by atoms with Crippen molar-refractivity contribution in [3.63, 3.8) is 0 Å². The van der Waals surface area contributed by atoms with E-state index in [0.29, 0.717) is 11.0 Å². The van der Waals surface area contributed by atoms with Crippen LogP contribution in [-0.2, 0) is 6.54 Å². The van der Waals surface area contributed by atoms with Crippen LogP contribution in [-0.4, -0.2) is 21.0 Å². The molecule has 0 fully saturated rings. The molecule has 6 nitrogen and oxygen atoms in total. The highest BCUT2D eigenvalue weighted by atomic mass is 32.1. The predicted molar refractivity (Wildman–Crippen MR) is 60.0 cm³/mol. The molecular weight excluding hydrogens is 226 g/mol. The topological polar surface area (TPSA) is 79.8 Å². The predicted octanol–water partition coefficient (Wildman–Crippen LogP) is 1.25. The molecule has 0 unspecified atom stereocenters. The van der Waals surface area contributed by atoms with Gasteiger partial charge in [-0.2, -0.15) is 0 Å². The maximum absolute atomic E-state index is 11.4. The average molecular weight is 235 g/mol. The molecule has 0 bridgehead atoms. The number of carbonyl (C=O) groups is 1. The number of thiazole rings is 1. The molecule has 7 heteroatoms. The lowest BCUT2D eigenvalue weighted by Crippen LogP contribution is -2.28. The number of amides is 2. The zero-order chi connectivity index (χ0) is 11.2. The first-order chi connectivity index (χ1) is 7.84. The van der Waals surface area contributed by atoms with Crippen LogP contribution in [0.5, 0.6) is 0 Å². The molecule has 0 spiro atoms. The molecule has 0 saturated heterocycles. The average Bonchev–Trinajstić information content (AvgIpc) is 2.81. The third kappa shape index (κ3) is 2.99. The van der Waals surface area contributed by atoms with Crippen LogP contribution in [0.4, 0.5) is 9.93 Å². The standard InChI is InChI=1S/C9H9N5OS/c15-8(14-9-12-4-5-16-9)13-6-7-10-2-1-3-11-7/h1-5H,6H2,(H2,12,13,14,15). The van der Waals surface area contributed by atoms with Gasteiger partial charge in [0.15, 0.2) is 5.13 Å². The van der Waals surface area contributed by atoms with E-state index < -0.39 is 0 Å². The summed E-state index contributed by atoms with van der Waals surface area (Å²) in [6.45, 7) is 0.290. The molecule has 2 aromatic rings. The third-order valence-corrected chi connectivity index (χ3v) is 2.37. The van der Waals surface area contributed by atoms with Gasteiger partial charge in [-0.05, 0) is 6.07 Å². The van der Waals surface area contributed by atoms with Gasteiger partial charge in [-0.1, -0.05) is 0 Å². The van der Waals surface area contributed by atoms with Crippen LogP contribution in [0.2, 0.25) is 0 Å². The molecule has 2 rings (SSSR count). The summed E-state index contributed by atoms with van der Waals surface area (Å²) in [5, 5.41) is 7.57. The number of hydrogen-bond donors (Lipinski definition) is 2. The first-order valence-corrected chi connectivity index (χ1v) is 5.43. The monoisotopic (exact) mass is 235 g/mol. The van der Waals surface area contributed by atoms with Crippen molar-refractivity contribution in [2.75, 3.05) is 5.32 Å². The Labute approximate surface area is 95.8 Å². The van der Waals surface area contributed by atoms with Gasteiger partial charge in [0.25, 0.3) is 0 Å². The summed E-state index contributed by atoms with van der Waals surface area (Å²) >= 11 is 1.36. The van der Waals surface area contributed by atoms with Crippen molar-refractivity contribution >= 4 is 22.5 Å². The number of carbonyl (C=O) groups excluding carboxylic acids is 1. The number of nitrogens with zero attached hydrogens (tertiary/aromatic N) is 3. The van der Waals surface area contributed by atoms with Gasteiger partial charge < -0.3 is 5.32 Å². The Kier molecular flexibility index (Phi) is 3.39. The van der Waals surface area contributed by atoms with Gasteiger partial charge in [0.05, 0.1) is 6.54 Å². The molecular formula is C9H9N5OS. The normalized spacial score (nSPS) is 9.75. The summed E-state index contributed by atoms with van der Waals surface area (Å²) < 4.78 is 0. The van der Waals surface area contributed by atoms with E-state index in [-0.39, 0.29) is 12.6 Å². The van der Waals surface area contributed by atoms with Crippen LogP contribution >= 0.6 is 11.3 Å². The van der Waals surface area contributed by atoms with E-state index in [2.05, 4.69) is 25.6 Å². The first kappa shape index (κ1) is 10.5. The van der Waals surface area contributed by atoms with Gasteiger partial charge in [-0.25, -0.2) is 19.7 Å². The molecule has 0 saturated carbocycles. The second-order valence-corrected chi connectivity index (χ2v) is 3.70. The first-order valence-electron chi connectivity index (χ1n) is 4.55. The molecule has 0 aliphatic carbocycles. The fourth-order valence-corrected chi connectivity index (χ4v) is 1.53. The van der Waals surface area contributed by atoms with Crippen molar-refractivity contribution in [3.05, 3.63) is 35.9 Å². The maximum Gasteiger partial charge on any atom is 0.321 e. The largest absolute Gasteiger partial charge is 0.331 e. The van der Waals surface area contributed by atoms with Crippen LogP contribution in [0.25, 0.3) is 0 Å². The minimum atomic E-state index is -0.317. The number of aromatic nitrogens is 3. The van der Waals surface area contributed by atoms with Gasteiger partial charge >= 0.3 is 6.03 Å². The van der Waals surface area contributed by atoms with Gasteiger partial charge in [0.1, 0.15) is 5.82 Å². The number of urea groups is 1. The Morgan fingerprint density at radius 2 is 2.06 bits per heavy atom. The Bertz CT molecular complexity index is 444. The lowest BCUT2D eigenvalue weighted by Gasteiger charge is -2.03. The van der Waals surface area contributed by atoms with Crippen LogP contribution in [0, 0.1) is 0 Å². The minimum absolute atomic E-state index is 0.290. The number of rotatable bonds is 3. The quantitative estimate of drug-likeness (QED) is 0.839. The molecule has 0 aromatic carbocycles. The summed E-state index contributed by atoms with van der Waals surface area (Å²) in [5.41, 5.74) is 0. The Hall–Kier alpha value is -2.02. The van der Waals surface area contributed by atoms with Gasteiger partial charge in [0, 0.05) is 24.0 Å². The van der Waals surface area contributed by atoms with E-state index in [1.54, 1.807) is 30.0 Å². The molecule has 2 aromatic heterocycles. The molecule has 2 heterocycles. The fraction of sp³-hybridized carbons (Fsp3) is 0.111. The zero-order valence-corrected chi connectivity index (χ0v) is 9.07. The highest BCUT2D eigenvalue weighted by Gasteiger charge is 2.03. The van der Waals surface area contributed by atoms with Crippen LogP contribution in [0.15, 0.2) is 30.0 Å². The molecule has 0 aliphatic heterocycles. The van der Waals surface area contributed by atoms with Crippen LogP contribution < -0.4 is 10.6 Å². The third-order valence-electron chi connectivity index (χ3n) is 1.68. The van der Waals surface area contributed by atoms with Crippen LogP contribution in [0.1, 0.15) is 5.82 Å². The van der Waals surface area contributed by atoms with E-state index in [1.165, 1.54) is 11.3 Å². The van der Waals surface area contributed by atoms with Gasteiger partial charge in [0.2, 0.25) is 0 Å². The molecule has 0 radical (unpaired) electrons. The Morgan fingerprint density at radius 1 is 1.25 bits per heavy atom. The molecule has 2 amide bonds. The zero-order valence-electron chi connectivity index (χ0n) is 8.25. The second kappa shape index (κ2) is 5.17. The fourth-order valence-electron chi connectivity index (χ4n) is 1.01. The maximum atomic E-state index is 11.4. The van der Waals surface area contributed by atoms with Crippen molar-refractivity contribution in [2.45, 2.75) is 6.54 Å². The number of hydrogen-bond acceptors (Lipinski definition) is 5. The van der Waals surface area contributed by atoms with Crippen LogP contribution in [0.3, 0.4) is 0 Å². The smallest absolute Gasteiger partial charge is 0.321 e. The second-order valence-electron chi connectivity index (χ2n) is 2.81. The lowest BCUT2D eigenvalue weighted by molar-refractivity contribution is 0.251. The highest BCUT2D eigenvalue weighted by Crippen LogP contribution is 2.09. The van der Waals surface area contributed by atoms with E-state index in [4.69, 9.17) is 0 Å². The van der Waals surface area contributed by atoms with E-state index >= 15 is 0 Å². The number of anilines is 1. The summed E-state index contributed by atoms with van der Waals surface area (Å²) in [4.78, 5) is 23.3. The summed E-state index contributed by atoms with van der Waals surface area (Å²) in [6.07, 6.45) is 4.88. The van der Waals surface area contributed by atoms with E-state index in [1.807, 2.05) is 0 Å². The molecule has 82 valence electrons. The van der Waals surface area contributed by atoms with Crippen molar-refractivity contribution in [2.24, 2.45) is 0 Å². The molecule has 2 N–H and O–H groups in total. The highest BCUT2D eigenvalue weighted by molar-refractivity contribution is 7.13. The van der Waals surface area contributed by atoms with Crippen molar-refractivity contribution in [3.8, 4) is 0 Å². The van der Waals surface area contributed by atoms with E-state index in [9.17, 15) is 4.79 Å². The Morgan fingerprint density at radius 3 is 2.75 bits per heavy atom. The van der Waals surface area contributed by atoms with E-state index in [0.717, 1.165) is 0 Å².